The van der Waals surface area contributed by atoms with E-state index in [9.17, 15) is 4.39 Å². The lowest BCUT2D eigenvalue weighted by Crippen LogP contribution is -2.28. The lowest BCUT2D eigenvalue weighted by Gasteiger charge is -2.17. The van der Waals surface area contributed by atoms with E-state index in [2.05, 4.69) is 6.58 Å². The molecule has 0 bridgehead atoms. The predicted octanol–water partition coefficient (Wildman–Crippen LogP) is 2.53. The summed E-state index contributed by atoms with van der Waals surface area (Å²) in [5, 5.41) is 7.25. The van der Waals surface area contributed by atoms with E-state index < -0.39 is 6.67 Å². The van der Waals surface area contributed by atoms with Gasteiger partial charge in [0, 0.05) is 17.8 Å². The summed E-state index contributed by atoms with van der Waals surface area (Å²) in [5.41, 5.74) is 6.44. The molecule has 1 aromatic rings. The van der Waals surface area contributed by atoms with E-state index in [0.29, 0.717) is 17.0 Å². The van der Waals surface area contributed by atoms with E-state index in [0.717, 1.165) is 4.42 Å². The van der Waals surface area contributed by atoms with Gasteiger partial charge in [0.25, 0.3) is 0 Å². The van der Waals surface area contributed by atoms with Crippen LogP contribution in [0.5, 0.6) is 5.75 Å². The first-order valence-corrected chi connectivity index (χ1v) is 5.19. The monoisotopic (exact) mass is 257 g/mol. The van der Waals surface area contributed by atoms with Crippen molar-refractivity contribution in [3.05, 3.63) is 30.3 Å². The van der Waals surface area contributed by atoms with Crippen LogP contribution in [-0.4, -0.2) is 19.2 Å². The van der Waals surface area contributed by atoms with E-state index in [4.69, 9.17) is 27.7 Å². The highest BCUT2D eigenvalue weighted by molar-refractivity contribution is 6.36. The zero-order valence-electron chi connectivity index (χ0n) is 9.12. The number of guanidine groups is 1. The normalized spacial score (nSPS) is 9.76. The van der Waals surface area contributed by atoms with Gasteiger partial charge in [-0.25, -0.2) is 8.81 Å². The number of hydrogen-bond acceptors (Lipinski definition) is 2. The summed E-state index contributed by atoms with van der Waals surface area (Å²) in [6, 6.07) is 4.94. The van der Waals surface area contributed by atoms with Crippen molar-refractivity contribution in [3.63, 3.8) is 0 Å². The zero-order valence-corrected chi connectivity index (χ0v) is 9.88. The minimum atomic E-state index is -0.574. The molecule has 0 aliphatic heterocycles. The van der Waals surface area contributed by atoms with E-state index in [1.54, 1.807) is 24.3 Å². The number of nitrogens with two attached hydrogens (primary N) is 1. The van der Waals surface area contributed by atoms with Crippen LogP contribution in [-0.2, 0) is 0 Å². The number of nitrogens with zero attached hydrogens (tertiary/aromatic N) is 1. The Bertz CT molecular complexity index is 425. The number of rotatable bonds is 5. The molecule has 0 amide bonds. The van der Waals surface area contributed by atoms with Crippen molar-refractivity contribution in [1.82, 2.24) is 0 Å². The van der Waals surface area contributed by atoms with Gasteiger partial charge in [-0.15, -0.1) is 0 Å². The van der Waals surface area contributed by atoms with Crippen LogP contribution < -0.4 is 14.9 Å². The maximum Gasteiger partial charge on any atom is 0.208 e. The minimum Gasteiger partial charge on any atom is -0.491 e. The predicted molar refractivity (Wildman–Crippen MR) is 68.2 cm³/mol. The van der Waals surface area contributed by atoms with E-state index in [1.807, 2.05) is 0 Å². The standard InChI is InChI=1S/C11H13ClFN3O/c1-2-8-3-4-9(17-6-5-13)7-10(8)16(12)11(14)15/h2-4,7H,1,5-6H2,(H3,14,15). The SMILES string of the molecule is C=Cc1ccc(OCCF)cc1N(Cl)C(=N)N. The molecule has 3 N–H and O–H groups in total. The molecule has 1 aromatic carbocycles. The van der Waals surface area contributed by atoms with Crippen molar-refractivity contribution in [2.24, 2.45) is 5.73 Å². The zero-order chi connectivity index (χ0) is 12.8. The van der Waals surface area contributed by atoms with Crippen LogP contribution in [0.15, 0.2) is 24.8 Å². The molecule has 6 heteroatoms. The van der Waals surface area contributed by atoms with Gasteiger partial charge in [0.2, 0.25) is 5.96 Å². The van der Waals surface area contributed by atoms with Crippen LogP contribution in [0.3, 0.4) is 0 Å². The molecule has 0 radical (unpaired) electrons. The second kappa shape index (κ2) is 6.10. The van der Waals surface area contributed by atoms with Gasteiger partial charge < -0.3 is 10.5 Å². The van der Waals surface area contributed by atoms with Crippen LogP contribution in [0.25, 0.3) is 6.08 Å². The molecular weight excluding hydrogens is 245 g/mol. The Labute approximate surface area is 104 Å². The van der Waals surface area contributed by atoms with E-state index >= 15 is 0 Å². The lowest BCUT2D eigenvalue weighted by atomic mass is 10.1. The Kier molecular flexibility index (Phi) is 4.78. The topological polar surface area (TPSA) is 62.3 Å². The maximum atomic E-state index is 12.0. The average molecular weight is 258 g/mol. The summed E-state index contributed by atoms with van der Waals surface area (Å²) >= 11 is 5.84. The summed E-state index contributed by atoms with van der Waals surface area (Å²) in [4.78, 5) is 0. The number of halogens is 2. The van der Waals surface area contributed by atoms with Gasteiger partial charge in [-0.05, 0) is 17.7 Å². The van der Waals surface area contributed by atoms with Crippen LogP contribution in [0.4, 0.5) is 10.1 Å². The number of ether oxygens (including phenoxy) is 1. The van der Waals surface area contributed by atoms with Crippen molar-refractivity contribution in [1.29, 1.82) is 5.41 Å². The molecule has 0 aromatic heterocycles. The summed E-state index contributed by atoms with van der Waals surface area (Å²) < 4.78 is 18.1. The van der Waals surface area contributed by atoms with Gasteiger partial charge in [-0.3, -0.25) is 5.41 Å². The first-order chi connectivity index (χ1) is 8.10. The Balaban J connectivity index is 3.06. The third-order valence-electron chi connectivity index (χ3n) is 1.99. The number of hydrogen-bond donors (Lipinski definition) is 2. The molecule has 0 unspecified atom stereocenters. The molecule has 92 valence electrons. The molecule has 0 aliphatic carbocycles. The highest BCUT2D eigenvalue weighted by Gasteiger charge is 2.11. The van der Waals surface area contributed by atoms with Gasteiger partial charge in [-0.1, -0.05) is 12.7 Å². The second-order valence-electron chi connectivity index (χ2n) is 3.13. The first kappa shape index (κ1) is 13.3. The number of alkyl halides is 1. The molecule has 0 fully saturated rings. The van der Waals surface area contributed by atoms with Gasteiger partial charge in [0.15, 0.2) is 0 Å². The molecule has 0 atom stereocenters. The minimum absolute atomic E-state index is 0.0325. The van der Waals surface area contributed by atoms with Gasteiger partial charge in [-0.2, -0.15) is 0 Å². The molecule has 0 saturated carbocycles. The van der Waals surface area contributed by atoms with Crippen molar-refractivity contribution >= 4 is 29.5 Å². The number of nitrogens with one attached hydrogen (secondary N) is 1. The third-order valence-corrected chi connectivity index (χ3v) is 2.35. The van der Waals surface area contributed by atoms with Gasteiger partial charge in [0.05, 0.1) is 5.69 Å². The first-order valence-electron chi connectivity index (χ1n) is 4.85. The van der Waals surface area contributed by atoms with Crippen LogP contribution in [0.2, 0.25) is 0 Å². The second-order valence-corrected chi connectivity index (χ2v) is 3.47. The maximum absolute atomic E-state index is 12.0. The Morgan fingerprint density at radius 3 is 2.88 bits per heavy atom. The fraction of sp³-hybridized carbons (Fsp3) is 0.182. The Hall–Kier alpha value is -1.75. The summed E-state index contributed by atoms with van der Waals surface area (Å²) in [6.07, 6.45) is 1.58. The highest BCUT2D eigenvalue weighted by Crippen LogP contribution is 2.28. The van der Waals surface area contributed by atoms with Crippen molar-refractivity contribution in [3.8, 4) is 5.75 Å². The molecule has 0 spiro atoms. The number of anilines is 1. The smallest absolute Gasteiger partial charge is 0.208 e. The molecule has 17 heavy (non-hydrogen) atoms. The molecule has 1 rings (SSSR count). The fourth-order valence-corrected chi connectivity index (χ4v) is 1.39. The highest BCUT2D eigenvalue weighted by atomic mass is 35.5. The lowest BCUT2D eigenvalue weighted by molar-refractivity contribution is 0.273. The fourth-order valence-electron chi connectivity index (χ4n) is 1.24. The van der Waals surface area contributed by atoms with E-state index in [-0.39, 0.29) is 12.6 Å². The third kappa shape index (κ3) is 3.35. The van der Waals surface area contributed by atoms with Crippen LogP contribution >= 0.6 is 11.8 Å². The largest absolute Gasteiger partial charge is 0.491 e. The number of benzene rings is 1. The molecule has 0 saturated heterocycles. The Morgan fingerprint density at radius 1 is 1.65 bits per heavy atom. The van der Waals surface area contributed by atoms with Crippen molar-refractivity contribution in [2.45, 2.75) is 0 Å². The molecule has 0 aliphatic rings. The van der Waals surface area contributed by atoms with Crippen molar-refractivity contribution in [2.75, 3.05) is 17.7 Å². The molecular formula is C11H13ClFN3O. The Morgan fingerprint density at radius 2 is 2.35 bits per heavy atom. The summed E-state index contributed by atoms with van der Waals surface area (Å²) in [7, 11) is 0. The summed E-state index contributed by atoms with van der Waals surface area (Å²) in [6.45, 7) is 3.02. The van der Waals surface area contributed by atoms with E-state index in [1.165, 1.54) is 0 Å². The van der Waals surface area contributed by atoms with Crippen LogP contribution in [0.1, 0.15) is 5.56 Å². The summed E-state index contributed by atoms with van der Waals surface area (Å²) in [5.74, 6) is 0.132. The molecule has 0 heterocycles. The molecule has 4 nitrogen and oxygen atoms in total. The average Bonchev–Trinajstić information content (AvgIpc) is 2.34. The van der Waals surface area contributed by atoms with Gasteiger partial charge in [0.1, 0.15) is 19.0 Å². The quantitative estimate of drug-likeness (QED) is 0.484. The van der Waals surface area contributed by atoms with Gasteiger partial charge >= 0.3 is 0 Å². The van der Waals surface area contributed by atoms with Crippen molar-refractivity contribution < 1.29 is 9.13 Å². The van der Waals surface area contributed by atoms with Crippen LogP contribution in [0, 0.1) is 5.41 Å².